The van der Waals surface area contributed by atoms with E-state index in [4.69, 9.17) is 5.73 Å². The Kier molecular flexibility index (Phi) is 2.92. The zero-order valence-corrected chi connectivity index (χ0v) is 10.8. The highest BCUT2D eigenvalue weighted by molar-refractivity contribution is 5.29. The number of nitrogens with two attached hydrogens (primary N) is 1. The van der Waals surface area contributed by atoms with Crippen LogP contribution in [0.1, 0.15) is 41.7 Å². The first-order valence-electron chi connectivity index (χ1n) is 6.61. The molecule has 0 aliphatic carbocycles. The van der Waals surface area contributed by atoms with E-state index in [-0.39, 0.29) is 6.17 Å². The molecular formula is C15H19N3. The molecule has 0 fully saturated rings. The lowest BCUT2D eigenvalue weighted by molar-refractivity contribution is 0.403. The zero-order valence-electron chi connectivity index (χ0n) is 10.8. The van der Waals surface area contributed by atoms with Gasteiger partial charge in [0.25, 0.3) is 0 Å². The molecule has 0 saturated carbocycles. The van der Waals surface area contributed by atoms with Crippen LogP contribution >= 0.6 is 0 Å². The largest absolute Gasteiger partial charge is 0.316 e. The number of rotatable bonds is 2. The fourth-order valence-corrected chi connectivity index (χ4v) is 2.76. The lowest BCUT2D eigenvalue weighted by Crippen LogP contribution is -2.26. The van der Waals surface area contributed by atoms with Gasteiger partial charge in [0.05, 0.1) is 6.17 Å². The van der Waals surface area contributed by atoms with Crippen LogP contribution in [0.3, 0.4) is 0 Å². The summed E-state index contributed by atoms with van der Waals surface area (Å²) in [6.07, 6.45) is 6.32. The molecule has 1 aliphatic rings. The molecule has 94 valence electrons. The molecule has 3 nitrogen and oxygen atoms in total. The molecule has 3 heteroatoms. The molecule has 0 saturated heterocycles. The molecule has 0 bridgehead atoms. The molecule has 1 unspecified atom stereocenters. The van der Waals surface area contributed by atoms with Crippen LogP contribution in [0.25, 0.3) is 0 Å². The second-order valence-electron chi connectivity index (χ2n) is 5.10. The van der Waals surface area contributed by atoms with Gasteiger partial charge in [-0.3, -0.25) is 0 Å². The highest BCUT2D eigenvalue weighted by Crippen LogP contribution is 2.24. The molecule has 0 amide bonds. The minimum Gasteiger partial charge on any atom is -0.316 e. The van der Waals surface area contributed by atoms with Crippen molar-refractivity contribution in [3.05, 3.63) is 53.1 Å². The third-order valence-corrected chi connectivity index (χ3v) is 3.82. The van der Waals surface area contributed by atoms with Crippen molar-refractivity contribution in [3.63, 3.8) is 0 Å². The summed E-state index contributed by atoms with van der Waals surface area (Å²) < 4.78 is 2.23. The van der Waals surface area contributed by atoms with Crippen LogP contribution in [0, 0.1) is 6.92 Å². The van der Waals surface area contributed by atoms with Gasteiger partial charge in [-0.25, -0.2) is 4.98 Å². The van der Waals surface area contributed by atoms with E-state index < -0.39 is 0 Å². The van der Waals surface area contributed by atoms with E-state index in [1.54, 1.807) is 0 Å². The van der Waals surface area contributed by atoms with Crippen molar-refractivity contribution >= 4 is 0 Å². The fraction of sp³-hybridized carbons (Fsp3) is 0.400. The first kappa shape index (κ1) is 11.5. The maximum atomic E-state index is 6.21. The molecule has 2 N–H and O–H groups in total. The highest BCUT2D eigenvalue weighted by atomic mass is 15.2. The lowest BCUT2D eigenvalue weighted by atomic mass is 10.0. The van der Waals surface area contributed by atoms with Gasteiger partial charge in [0.15, 0.2) is 0 Å². The van der Waals surface area contributed by atoms with Gasteiger partial charge in [0, 0.05) is 18.3 Å². The Morgan fingerprint density at radius 2 is 2.22 bits per heavy atom. The van der Waals surface area contributed by atoms with Crippen molar-refractivity contribution in [2.24, 2.45) is 5.73 Å². The number of benzene rings is 1. The summed E-state index contributed by atoms with van der Waals surface area (Å²) >= 11 is 0. The van der Waals surface area contributed by atoms with E-state index in [9.17, 15) is 0 Å². The first-order chi connectivity index (χ1) is 8.75. The summed E-state index contributed by atoms with van der Waals surface area (Å²) in [6.45, 7) is 2.15. The van der Waals surface area contributed by atoms with Crippen molar-refractivity contribution in [1.29, 1.82) is 0 Å². The zero-order chi connectivity index (χ0) is 12.5. The van der Waals surface area contributed by atoms with Crippen LogP contribution in [0.5, 0.6) is 0 Å². The topological polar surface area (TPSA) is 43.8 Å². The fourth-order valence-electron chi connectivity index (χ4n) is 2.76. The summed E-state index contributed by atoms with van der Waals surface area (Å²) in [5.74, 6) is 1.10. The quantitative estimate of drug-likeness (QED) is 0.878. The summed E-state index contributed by atoms with van der Waals surface area (Å²) in [7, 11) is 0. The minimum absolute atomic E-state index is 0.107. The van der Waals surface area contributed by atoms with Gasteiger partial charge in [-0.2, -0.15) is 0 Å². The smallest absolute Gasteiger partial charge is 0.114 e. The Hall–Kier alpha value is -1.61. The summed E-state index contributed by atoms with van der Waals surface area (Å²) in [4.78, 5) is 4.57. The van der Waals surface area contributed by atoms with Crippen molar-refractivity contribution < 1.29 is 0 Å². The van der Waals surface area contributed by atoms with Crippen molar-refractivity contribution in [1.82, 2.24) is 9.55 Å². The standard InChI is InChI=1S/C15H19N3/c1-11-5-2-3-6-12(11)9-15-17-10-13-7-4-8-14(16)18(13)15/h2-3,5-6,10,14H,4,7-9,16H2,1H3. The highest BCUT2D eigenvalue weighted by Gasteiger charge is 2.20. The van der Waals surface area contributed by atoms with Crippen LogP contribution < -0.4 is 5.73 Å². The molecule has 1 atom stereocenters. The molecule has 18 heavy (non-hydrogen) atoms. The number of hydrogen-bond donors (Lipinski definition) is 1. The predicted octanol–water partition coefficient (Wildman–Crippen LogP) is 2.58. The molecule has 2 heterocycles. The first-order valence-corrected chi connectivity index (χ1v) is 6.61. The van der Waals surface area contributed by atoms with Gasteiger partial charge in [0.1, 0.15) is 5.82 Å². The Bertz CT molecular complexity index is 557. The summed E-state index contributed by atoms with van der Waals surface area (Å²) in [5, 5.41) is 0. The second kappa shape index (κ2) is 4.58. The number of aryl methyl sites for hydroxylation is 2. The van der Waals surface area contributed by atoms with Crippen molar-refractivity contribution in [2.45, 2.75) is 38.8 Å². The predicted molar refractivity (Wildman–Crippen MR) is 72.4 cm³/mol. The monoisotopic (exact) mass is 241 g/mol. The molecule has 1 aromatic carbocycles. The van der Waals surface area contributed by atoms with Gasteiger partial charge < -0.3 is 10.3 Å². The number of aromatic nitrogens is 2. The maximum Gasteiger partial charge on any atom is 0.114 e. The third-order valence-electron chi connectivity index (χ3n) is 3.82. The molecule has 1 aromatic heterocycles. The Balaban J connectivity index is 1.95. The molecule has 2 aromatic rings. The van der Waals surface area contributed by atoms with E-state index in [0.717, 1.165) is 25.1 Å². The maximum absolute atomic E-state index is 6.21. The minimum atomic E-state index is 0.107. The third kappa shape index (κ3) is 1.95. The van der Waals surface area contributed by atoms with E-state index in [1.807, 2.05) is 6.20 Å². The van der Waals surface area contributed by atoms with E-state index in [0.29, 0.717) is 0 Å². The summed E-state index contributed by atoms with van der Waals surface area (Å²) in [6, 6.07) is 8.48. The number of imidazole rings is 1. The number of nitrogens with zero attached hydrogens (tertiary/aromatic N) is 2. The average molecular weight is 241 g/mol. The van der Waals surface area contributed by atoms with Crippen molar-refractivity contribution in [3.8, 4) is 0 Å². The van der Waals surface area contributed by atoms with Gasteiger partial charge in [-0.1, -0.05) is 24.3 Å². The van der Waals surface area contributed by atoms with Crippen LogP contribution in [0.2, 0.25) is 0 Å². The van der Waals surface area contributed by atoms with E-state index in [1.165, 1.54) is 23.2 Å². The second-order valence-corrected chi connectivity index (χ2v) is 5.10. The molecule has 0 radical (unpaired) electrons. The molecular weight excluding hydrogens is 222 g/mol. The van der Waals surface area contributed by atoms with Crippen LogP contribution in [0.4, 0.5) is 0 Å². The average Bonchev–Trinajstić information content (AvgIpc) is 2.77. The van der Waals surface area contributed by atoms with Gasteiger partial charge in [-0.05, 0) is 37.3 Å². The number of hydrogen-bond acceptors (Lipinski definition) is 2. The Morgan fingerprint density at radius 1 is 1.39 bits per heavy atom. The molecule has 0 spiro atoms. The van der Waals surface area contributed by atoms with Gasteiger partial charge >= 0.3 is 0 Å². The van der Waals surface area contributed by atoms with E-state index in [2.05, 4.69) is 40.7 Å². The SMILES string of the molecule is Cc1ccccc1Cc1ncc2n1C(N)CCC2. The van der Waals surface area contributed by atoms with E-state index >= 15 is 0 Å². The molecule has 3 rings (SSSR count). The normalized spacial score (nSPS) is 18.7. The van der Waals surface area contributed by atoms with Crippen LogP contribution in [0.15, 0.2) is 30.5 Å². The van der Waals surface area contributed by atoms with Crippen LogP contribution in [-0.2, 0) is 12.8 Å². The molecule has 1 aliphatic heterocycles. The van der Waals surface area contributed by atoms with Gasteiger partial charge in [0.2, 0.25) is 0 Å². The Labute approximate surface area is 108 Å². The summed E-state index contributed by atoms with van der Waals surface area (Å²) in [5.41, 5.74) is 10.2. The lowest BCUT2D eigenvalue weighted by Gasteiger charge is -2.24. The number of fused-ring (bicyclic) bond motifs is 1. The van der Waals surface area contributed by atoms with Crippen LogP contribution in [-0.4, -0.2) is 9.55 Å². The van der Waals surface area contributed by atoms with Gasteiger partial charge in [-0.15, -0.1) is 0 Å². The van der Waals surface area contributed by atoms with Crippen molar-refractivity contribution in [2.75, 3.05) is 0 Å². The Morgan fingerprint density at radius 3 is 3.06 bits per heavy atom.